The quantitative estimate of drug-likeness (QED) is 0.299. The number of halogens is 4. The van der Waals surface area contributed by atoms with Gasteiger partial charge in [0.15, 0.2) is 5.96 Å². The molecule has 1 aliphatic heterocycles. The topological polar surface area (TPSA) is 45.7 Å². The first kappa shape index (κ1) is 25.6. The maximum atomic E-state index is 13.1. The number of ether oxygens (including phenoxy) is 1. The van der Waals surface area contributed by atoms with Crippen LogP contribution in [-0.4, -0.2) is 50.3 Å². The second kappa shape index (κ2) is 10.8. The van der Waals surface area contributed by atoms with Crippen LogP contribution < -0.4 is 10.6 Å². The molecule has 0 bridgehead atoms. The highest BCUT2D eigenvalue weighted by Gasteiger charge is 2.40. The zero-order valence-corrected chi connectivity index (χ0v) is 20.6. The maximum Gasteiger partial charge on any atom is 0.416 e. The summed E-state index contributed by atoms with van der Waals surface area (Å²) in [5, 5.41) is 6.79. The van der Waals surface area contributed by atoms with Crippen molar-refractivity contribution in [3.63, 3.8) is 0 Å². The Labute approximate surface area is 198 Å². The molecule has 2 aliphatic rings. The van der Waals surface area contributed by atoms with Crippen molar-refractivity contribution in [3.8, 4) is 0 Å². The number of benzene rings is 1. The van der Waals surface area contributed by atoms with Crippen LogP contribution in [-0.2, 0) is 16.3 Å². The van der Waals surface area contributed by atoms with Crippen LogP contribution in [0.25, 0.3) is 0 Å². The van der Waals surface area contributed by atoms with Gasteiger partial charge in [0.05, 0.1) is 5.56 Å². The summed E-state index contributed by atoms with van der Waals surface area (Å²) in [5.41, 5.74) is -0.0915. The van der Waals surface area contributed by atoms with Gasteiger partial charge in [-0.05, 0) is 43.6 Å². The first-order valence-electron chi connectivity index (χ1n) is 10.1. The number of nitrogens with one attached hydrogen (secondary N) is 2. The Balaban J connectivity index is 0.00000320. The molecule has 4 nitrogen and oxygen atoms in total. The molecule has 0 aromatic heterocycles. The molecule has 2 fully saturated rings. The van der Waals surface area contributed by atoms with E-state index < -0.39 is 11.7 Å². The van der Waals surface area contributed by atoms with Gasteiger partial charge in [-0.2, -0.15) is 24.9 Å². The van der Waals surface area contributed by atoms with Gasteiger partial charge in [0.25, 0.3) is 0 Å². The number of rotatable bonds is 6. The van der Waals surface area contributed by atoms with Crippen LogP contribution in [0.3, 0.4) is 0 Å². The molecule has 3 rings (SSSR count). The minimum Gasteiger partial charge on any atom is -0.381 e. The van der Waals surface area contributed by atoms with Gasteiger partial charge >= 0.3 is 6.18 Å². The maximum absolute atomic E-state index is 13.1. The lowest BCUT2D eigenvalue weighted by Crippen LogP contribution is -2.52. The zero-order chi connectivity index (χ0) is 21.0. The highest BCUT2D eigenvalue weighted by Crippen LogP contribution is 2.44. The van der Waals surface area contributed by atoms with Crippen molar-refractivity contribution < 1.29 is 17.9 Å². The lowest BCUT2D eigenvalue weighted by Gasteiger charge is -2.43. The van der Waals surface area contributed by atoms with E-state index in [1.165, 1.54) is 12.1 Å². The standard InChI is InChI=1S/C21H30F3N3OS.HI/c1-25-18(27-15-20(29-2)9-11-28-12-10-20)26-14-19(7-4-8-19)16-5-3-6-17(13-16)21(22,23)24;/h3,5-6,13H,4,7-12,14-15H2,1-2H3,(H2,25,26,27);1H. The Morgan fingerprint density at radius 1 is 1.13 bits per heavy atom. The van der Waals surface area contributed by atoms with E-state index in [9.17, 15) is 13.2 Å². The predicted molar refractivity (Wildman–Crippen MR) is 128 cm³/mol. The summed E-state index contributed by atoms with van der Waals surface area (Å²) in [6.07, 6.45) is 2.58. The van der Waals surface area contributed by atoms with Gasteiger partial charge in [0, 0.05) is 43.5 Å². The summed E-state index contributed by atoms with van der Waals surface area (Å²) < 4.78 is 45.0. The second-order valence-electron chi connectivity index (χ2n) is 7.99. The smallest absolute Gasteiger partial charge is 0.381 e. The van der Waals surface area contributed by atoms with E-state index in [4.69, 9.17) is 4.74 Å². The van der Waals surface area contributed by atoms with Crippen LogP contribution in [0.15, 0.2) is 29.3 Å². The van der Waals surface area contributed by atoms with Gasteiger partial charge in [-0.1, -0.05) is 24.6 Å². The van der Waals surface area contributed by atoms with E-state index in [1.807, 2.05) is 17.8 Å². The molecule has 1 saturated heterocycles. The van der Waals surface area contributed by atoms with Crippen LogP contribution in [0.2, 0.25) is 0 Å². The number of aliphatic imine (C=N–C) groups is 1. The average Bonchev–Trinajstić information content (AvgIpc) is 2.69. The minimum atomic E-state index is -4.32. The van der Waals surface area contributed by atoms with Crippen LogP contribution >= 0.6 is 35.7 Å². The number of guanidine groups is 1. The lowest BCUT2D eigenvalue weighted by atomic mass is 9.64. The Kier molecular flexibility index (Phi) is 9.18. The van der Waals surface area contributed by atoms with Crippen molar-refractivity contribution >= 4 is 41.7 Å². The number of nitrogens with zero attached hydrogens (tertiary/aromatic N) is 1. The molecule has 30 heavy (non-hydrogen) atoms. The third-order valence-corrected chi connectivity index (χ3v) is 7.76. The summed E-state index contributed by atoms with van der Waals surface area (Å²) >= 11 is 1.85. The van der Waals surface area contributed by atoms with E-state index in [-0.39, 0.29) is 34.1 Å². The predicted octanol–water partition coefficient (Wildman–Crippen LogP) is 4.82. The molecule has 1 aromatic rings. The van der Waals surface area contributed by atoms with E-state index >= 15 is 0 Å². The summed E-state index contributed by atoms with van der Waals surface area (Å²) in [6, 6.07) is 5.77. The Morgan fingerprint density at radius 2 is 1.80 bits per heavy atom. The van der Waals surface area contributed by atoms with Crippen molar-refractivity contribution in [2.75, 3.05) is 39.6 Å². The molecule has 0 unspecified atom stereocenters. The molecular weight excluding hydrogens is 526 g/mol. The van der Waals surface area contributed by atoms with Crippen molar-refractivity contribution in [2.45, 2.75) is 48.4 Å². The summed E-state index contributed by atoms with van der Waals surface area (Å²) in [4.78, 5) is 4.32. The molecule has 2 N–H and O–H groups in total. The molecule has 1 saturated carbocycles. The van der Waals surface area contributed by atoms with E-state index in [2.05, 4.69) is 21.9 Å². The van der Waals surface area contributed by atoms with Crippen molar-refractivity contribution in [1.29, 1.82) is 0 Å². The summed E-state index contributed by atoms with van der Waals surface area (Å²) in [6.45, 7) is 2.90. The zero-order valence-electron chi connectivity index (χ0n) is 17.5. The van der Waals surface area contributed by atoms with Crippen molar-refractivity contribution in [3.05, 3.63) is 35.4 Å². The summed E-state index contributed by atoms with van der Waals surface area (Å²) in [7, 11) is 1.72. The normalized spacial score (nSPS) is 20.6. The Hall–Kier alpha value is -0.680. The fourth-order valence-electron chi connectivity index (χ4n) is 4.11. The van der Waals surface area contributed by atoms with Gasteiger partial charge in [0.2, 0.25) is 0 Å². The fourth-order valence-corrected chi connectivity index (χ4v) is 4.90. The van der Waals surface area contributed by atoms with Gasteiger partial charge in [-0.15, -0.1) is 24.0 Å². The van der Waals surface area contributed by atoms with E-state index in [0.717, 1.165) is 63.5 Å². The largest absolute Gasteiger partial charge is 0.416 e. The molecule has 0 spiro atoms. The van der Waals surface area contributed by atoms with Crippen LogP contribution in [0, 0.1) is 0 Å². The van der Waals surface area contributed by atoms with E-state index in [1.54, 1.807) is 7.05 Å². The van der Waals surface area contributed by atoms with Gasteiger partial charge in [0.1, 0.15) is 0 Å². The third kappa shape index (κ3) is 5.97. The van der Waals surface area contributed by atoms with E-state index in [0.29, 0.717) is 12.5 Å². The summed E-state index contributed by atoms with van der Waals surface area (Å²) in [5.74, 6) is 0.697. The fraction of sp³-hybridized carbons (Fsp3) is 0.667. The molecule has 0 radical (unpaired) electrons. The van der Waals surface area contributed by atoms with Crippen molar-refractivity contribution in [1.82, 2.24) is 10.6 Å². The number of hydrogen-bond acceptors (Lipinski definition) is 3. The molecule has 1 aromatic carbocycles. The third-order valence-electron chi connectivity index (χ3n) is 6.35. The second-order valence-corrected chi connectivity index (χ2v) is 9.27. The Bertz CT molecular complexity index is 720. The number of thioether (sulfide) groups is 1. The van der Waals surface area contributed by atoms with Gasteiger partial charge in [-0.25, -0.2) is 0 Å². The molecule has 0 atom stereocenters. The molecule has 1 heterocycles. The SMILES string of the molecule is CN=C(NCC1(SC)CCOCC1)NCC1(c2cccc(C(F)(F)F)c2)CCC1.I. The first-order chi connectivity index (χ1) is 13.8. The molecule has 9 heteroatoms. The van der Waals surface area contributed by atoms with Crippen LogP contribution in [0.1, 0.15) is 43.2 Å². The van der Waals surface area contributed by atoms with Crippen LogP contribution in [0.4, 0.5) is 13.2 Å². The van der Waals surface area contributed by atoms with Crippen LogP contribution in [0.5, 0.6) is 0 Å². The molecular formula is C21H31F3IN3OS. The monoisotopic (exact) mass is 557 g/mol. The van der Waals surface area contributed by atoms with Gasteiger partial charge in [-0.3, -0.25) is 4.99 Å². The number of hydrogen-bond donors (Lipinski definition) is 2. The van der Waals surface area contributed by atoms with Gasteiger partial charge < -0.3 is 15.4 Å². The molecule has 0 amide bonds. The molecule has 170 valence electrons. The lowest BCUT2D eigenvalue weighted by molar-refractivity contribution is -0.137. The highest BCUT2D eigenvalue weighted by atomic mass is 127. The average molecular weight is 557 g/mol. The van der Waals surface area contributed by atoms with Crippen molar-refractivity contribution in [2.24, 2.45) is 4.99 Å². The minimum absolute atomic E-state index is 0. The highest BCUT2D eigenvalue weighted by molar-refractivity contribution is 14.0. The number of alkyl halides is 3. The Morgan fingerprint density at radius 3 is 2.33 bits per heavy atom. The molecule has 1 aliphatic carbocycles. The first-order valence-corrected chi connectivity index (χ1v) is 11.3.